The molecule has 4 heteroatoms. The molecule has 1 atom stereocenters. The number of ether oxygens (including phenoxy) is 1. The van der Waals surface area contributed by atoms with Crippen molar-refractivity contribution in [2.45, 2.75) is 19.6 Å². The van der Waals surface area contributed by atoms with Crippen LogP contribution in [0.1, 0.15) is 24.1 Å². The van der Waals surface area contributed by atoms with Gasteiger partial charge in [-0.3, -0.25) is 0 Å². The normalized spacial score (nSPS) is 12.2. The van der Waals surface area contributed by atoms with Gasteiger partial charge in [0.05, 0.1) is 10.0 Å². The van der Waals surface area contributed by atoms with E-state index in [2.05, 4.69) is 0 Å². The van der Waals surface area contributed by atoms with Gasteiger partial charge < -0.3 is 10.5 Å². The molecule has 100 valence electrons. The van der Waals surface area contributed by atoms with Crippen molar-refractivity contribution >= 4 is 23.2 Å². The van der Waals surface area contributed by atoms with E-state index in [9.17, 15) is 0 Å². The Balaban J connectivity index is 2.17. The molecule has 2 rings (SSSR count). The van der Waals surface area contributed by atoms with Gasteiger partial charge in [-0.25, -0.2) is 0 Å². The summed E-state index contributed by atoms with van der Waals surface area (Å²) in [5, 5.41) is 1.06. The quantitative estimate of drug-likeness (QED) is 0.895. The van der Waals surface area contributed by atoms with Gasteiger partial charge in [-0.2, -0.15) is 0 Å². The average Bonchev–Trinajstić information content (AvgIpc) is 2.40. The molecule has 0 radical (unpaired) electrons. The predicted octanol–water partition coefficient (Wildman–Crippen LogP) is 4.59. The van der Waals surface area contributed by atoms with Crippen molar-refractivity contribution in [2.24, 2.45) is 5.73 Å². The Kier molecular flexibility index (Phi) is 4.70. The van der Waals surface area contributed by atoms with E-state index in [1.165, 1.54) is 0 Å². The number of benzene rings is 2. The molecular formula is C15H15Cl2NO. The number of nitrogens with two attached hydrogens (primary N) is 1. The molecule has 0 saturated carbocycles. The molecular weight excluding hydrogens is 281 g/mol. The SMILES string of the molecule is C[C@@H](N)c1ccccc1OCc1cccc(Cl)c1Cl. The first-order chi connectivity index (χ1) is 9.09. The molecule has 0 aliphatic heterocycles. The molecule has 0 spiro atoms. The van der Waals surface area contributed by atoms with E-state index in [1.54, 1.807) is 6.07 Å². The Morgan fingerprint density at radius 3 is 2.58 bits per heavy atom. The second kappa shape index (κ2) is 6.29. The van der Waals surface area contributed by atoms with E-state index in [4.69, 9.17) is 33.7 Å². The molecule has 2 nitrogen and oxygen atoms in total. The first kappa shape index (κ1) is 14.2. The highest BCUT2D eigenvalue weighted by Crippen LogP contribution is 2.28. The topological polar surface area (TPSA) is 35.2 Å². The van der Waals surface area contributed by atoms with E-state index >= 15 is 0 Å². The highest BCUT2D eigenvalue weighted by molar-refractivity contribution is 6.42. The lowest BCUT2D eigenvalue weighted by atomic mass is 10.1. The van der Waals surface area contributed by atoms with Crippen molar-refractivity contribution in [1.29, 1.82) is 0 Å². The lowest BCUT2D eigenvalue weighted by Gasteiger charge is -2.14. The molecule has 0 aromatic heterocycles. The van der Waals surface area contributed by atoms with Crippen molar-refractivity contribution in [1.82, 2.24) is 0 Å². The summed E-state index contributed by atoms with van der Waals surface area (Å²) in [6, 6.07) is 13.1. The summed E-state index contributed by atoms with van der Waals surface area (Å²) in [6.07, 6.45) is 0. The zero-order valence-electron chi connectivity index (χ0n) is 10.6. The van der Waals surface area contributed by atoms with Crippen LogP contribution in [-0.4, -0.2) is 0 Å². The highest BCUT2D eigenvalue weighted by Gasteiger charge is 2.09. The Labute approximate surface area is 123 Å². The van der Waals surface area contributed by atoms with Gasteiger partial charge in [0.25, 0.3) is 0 Å². The van der Waals surface area contributed by atoms with Gasteiger partial charge in [0.2, 0.25) is 0 Å². The molecule has 2 aromatic rings. The second-order valence-electron chi connectivity index (χ2n) is 4.33. The fraction of sp³-hybridized carbons (Fsp3) is 0.200. The summed E-state index contributed by atoms with van der Waals surface area (Å²) in [6.45, 7) is 2.29. The number of para-hydroxylation sites is 1. The maximum absolute atomic E-state index is 6.13. The molecule has 2 N–H and O–H groups in total. The van der Waals surface area contributed by atoms with Crippen LogP contribution in [-0.2, 0) is 6.61 Å². The number of halogens is 2. The van der Waals surface area contributed by atoms with Crippen molar-refractivity contribution in [3.05, 3.63) is 63.6 Å². The zero-order chi connectivity index (χ0) is 13.8. The minimum atomic E-state index is -0.0777. The fourth-order valence-electron chi connectivity index (χ4n) is 1.80. The summed E-state index contributed by atoms with van der Waals surface area (Å²) in [4.78, 5) is 0. The van der Waals surface area contributed by atoms with Crippen LogP contribution in [0.4, 0.5) is 0 Å². The maximum atomic E-state index is 6.13. The summed E-state index contributed by atoms with van der Waals surface area (Å²) < 4.78 is 5.80. The smallest absolute Gasteiger partial charge is 0.124 e. The van der Waals surface area contributed by atoms with Crippen LogP contribution in [0.15, 0.2) is 42.5 Å². The molecule has 0 fully saturated rings. The summed E-state index contributed by atoms with van der Waals surface area (Å²) in [5.41, 5.74) is 7.74. The first-order valence-corrected chi connectivity index (χ1v) is 6.75. The molecule has 0 unspecified atom stereocenters. The molecule has 0 aliphatic carbocycles. The summed E-state index contributed by atoms with van der Waals surface area (Å²) >= 11 is 12.1. The number of hydrogen-bond donors (Lipinski definition) is 1. The van der Waals surface area contributed by atoms with Crippen LogP contribution in [0.5, 0.6) is 5.75 Å². The average molecular weight is 296 g/mol. The Morgan fingerprint density at radius 2 is 1.84 bits per heavy atom. The Bertz CT molecular complexity index is 570. The van der Waals surface area contributed by atoms with Gasteiger partial charge in [-0.05, 0) is 19.1 Å². The van der Waals surface area contributed by atoms with Crippen LogP contribution in [0.2, 0.25) is 10.0 Å². The third kappa shape index (κ3) is 3.41. The van der Waals surface area contributed by atoms with Gasteiger partial charge in [0.15, 0.2) is 0 Å². The predicted molar refractivity (Wildman–Crippen MR) is 79.8 cm³/mol. The van der Waals surface area contributed by atoms with Gasteiger partial charge in [-0.15, -0.1) is 0 Å². The van der Waals surface area contributed by atoms with E-state index in [0.717, 1.165) is 16.9 Å². The van der Waals surface area contributed by atoms with Crippen LogP contribution >= 0.6 is 23.2 Å². The lowest BCUT2D eigenvalue weighted by molar-refractivity contribution is 0.301. The van der Waals surface area contributed by atoms with E-state index in [-0.39, 0.29) is 6.04 Å². The molecule has 0 aliphatic rings. The zero-order valence-corrected chi connectivity index (χ0v) is 12.1. The van der Waals surface area contributed by atoms with Gasteiger partial charge in [0, 0.05) is 17.2 Å². The molecule has 0 heterocycles. The lowest BCUT2D eigenvalue weighted by Crippen LogP contribution is -2.08. The van der Waals surface area contributed by atoms with Crippen LogP contribution in [0.25, 0.3) is 0 Å². The molecule has 2 aromatic carbocycles. The minimum Gasteiger partial charge on any atom is -0.489 e. The third-order valence-electron chi connectivity index (χ3n) is 2.82. The van der Waals surface area contributed by atoms with Gasteiger partial charge in [-0.1, -0.05) is 53.5 Å². The maximum Gasteiger partial charge on any atom is 0.124 e. The van der Waals surface area contributed by atoms with Crippen LogP contribution < -0.4 is 10.5 Å². The van der Waals surface area contributed by atoms with Gasteiger partial charge in [0.1, 0.15) is 12.4 Å². The van der Waals surface area contributed by atoms with Crippen LogP contribution in [0, 0.1) is 0 Å². The molecule has 0 saturated heterocycles. The summed E-state index contributed by atoms with van der Waals surface area (Å²) in [7, 11) is 0. The molecule has 0 amide bonds. The van der Waals surface area contributed by atoms with Crippen LogP contribution in [0.3, 0.4) is 0 Å². The Hall–Kier alpha value is -1.22. The Morgan fingerprint density at radius 1 is 1.11 bits per heavy atom. The molecule has 0 bridgehead atoms. The van der Waals surface area contributed by atoms with E-state index in [0.29, 0.717) is 16.7 Å². The monoisotopic (exact) mass is 295 g/mol. The molecule has 19 heavy (non-hydrogen) atoms. The van der Waals surface area contributed by atoms with Crippen molar-refractivity contribution < 1.29 is 4.74 Å². The second-order valence-corrected chi connectivity index (χ2v) is 5.11. The third-order valence-corrected chi connectivity index (χ3v) is 3.68. The van der Waals surface area contributed by atoms with Crippen molar-refractivity contribution in [3.8, 4) is 5.75 Å². The largest absolute Gasteiger partial charge is 0.489 e. The van der Waals surface area contributed by atoms with E-state index < -0.39 is 0 Å². The number of hydrogen-bond acceptors (Lipinski definition) is 2. The highest BCUT2D eigenvalue weighted by atomic mass is 35.5. The van der Waals surface area contributed by atoms with Crippen molar-refractivity contribution in [3.63, 3.8) is 0 Å². The minimum absolute atomic E-state index is 0.0777. The van der Waals surface area contributed by atoms with Gasteiger partial charge >= 0.3 is 0 Å². The fourth-order valence-corrected chi connectivity index (χ4v) is 2.18. The van der Waals surface area contributed by atoms with Crippen molar-refractivity contribution in [2.75, 3.05) is 0 Å². The van der Waals surface area contributed by atoms with E-state index in [1.807, 2.05) is 43.3 Å². The number of rotatable bonds is 4. The standard InChI is InChI=1S/C15H15Cl2NO/c1-10(18)12-6-2-3-8-14(12)19-9-11-5-4-7-13(16)15(11)17/h2-8,10H,9,18H2,1H3/t10-/m1/s1. The first-order valence-electron chi connectivity index (χ1n) is 6.00. The summed E-state index contributed by atoms with van der Waals surface area (Å²) in [5.74, 6) is 0.772.